The van der Waals surface area contributed by atoms with Crippen LogP contribution in [0, 0.1) is 0 Å². The highest BCUT2D eigenvalue weighted by molar-refractivity contribution is 8.26. The number of carbonyl (C=O) groups is 2. The molecule has 0 aliphatic carbocycles. The summed E-state index contributed by atoms with van der Waals surface area (Å²) in [6.07, 6.45) is 2.53. The number of nitrogens with zero attached hydrogens (tertiary/aromatic N) is 1. The van der Waals surface area contributed by atoms with E-state index < -0.39 is 0 Å². The minimum atomic E-state index is -0.289. The van der Waals surface area contributed by atoms with Crippen LogP contribution in [-0.4, -0.2) is 41.3 Å². The minimum Gasteiger partial charge on any atom is -0.497 e. The van der Waals surface area contributed by atoms with Gasteiger partial charge in [-0.25, -0.2) is 0 Å². The number of benzene rings is 3. The van der Waals surface area contributed by atoms with Crippen molar-refractivity contribution in [2.45, 2.75) is 6.42 Å². The largest absolute Gasteiger partial charge is 0.497 e. The molecule has 2 amide bonds. The Kier molecular flexibility index (Phi) is 8.18. The molecule has 0 aromatic heterocycles. The maximum atomic E-state index is 12.9. The van der Waals surface area contributed by atoms with Gasteiger partial charge in [0.15, 0.2) is 6.61 Å². The van der Waals surface area contributed by atoms with E-state index in [9.17, 15) is 9.59 Å². The van der Waals surface area contributed by atoms with Crippen molar-refractivity contribution in [3.63, 3.8) is 0 Å². The zero-order chi connectivity index (χ0) is 24.6. The average molecular weight is 505 g/mol. The molecule has 0 saturated carbocycles. The molecule has 1 N–H and O–H groups in total. The first-order valence-corrected chi connectivity index (χ1v) is 12.2. The lowest BCUT2D eigenvalue weighted by atomic mass is 10.1. The predicted molar refractivity (Wildman–Crippen MR) is 144 cm³/mol. The number of thioether (sulfide) groups is 1. The Bertz CT molecular complexity index is 1260. The molecule has 1 aliphatic rings. The van der Waals surface area contributed by atoms with Gasteiger partial charge in [0.05, 0.1) is 12.0 Å². The highest BCUT2D eigenvalue weighted by Gasteiger charge is 2.31. The van der Waals surface area contributed by atoms with E-state index in [2.05, 4.69) is 5.32 Å². The van der Waals surface area contributed by atoms with Crippen LogP contribution in [0.2, 0.25) is 0 Å². The lowest BCUT2D eigenvalue weighted by Gasteiger charge is -2.14. The molecule has 35 heavy (non-hydrogen) atoms. The van der Waals surface area contributed by atoms with E-state index >= 15 is 0 Å². The van der Waals surface area contributed by atoms with E-state index in [0.717, 1.165) is 17.5 Å². The molecule has 6 nitrogen and oxygen atoms in total. The van der Waals surface area contributed by atoms with Gasteiger partial charge in [-0.3, -0.25) is 14.5 Å². The van der Waals surface area contributed by atoms with Gasteiger partial charge in [-0.1, -0.05) is 72.5 Å². The van der Waals surface area contributed by atoms with Gasteiger partial charge in [-0.15, -0.1) is 0 Å². The van der Waals surface area contributed by atoms with Crippen molar-refractivity contribution in [2.24, 2.45) is 0 Å². The Morgan fingerprint density at radius 2 is 1.80 bits per heavy atom. The predicted octanol–water partition coefficient (Wildman–Crippen LogP) is 5.16. The molecule has 0 bridgehead atoms. The van der Waals surface area contributed by atoms with Gasteiger partial charge in [0, 0.05) is 18.3 Å². The summed E-state index contributed by atoms with van der Waals surface area (Å²) >= 11 is 6.74. The number of nitrogens with one attached hydrogen (secondary N) is 1. The quantitative estimate of drug-likeness (QED) is 0.321. The molecule has 1 saturated heterocycles. The van der Waals surface area contributed by atoms with Crippen LogP contribution in [-0.2, 0) is 16.0 Å². The number of methoxy groups -OCH3 is 1. The number of anilines is 1. The second-order valence-corrected chi connectivity index (χ2v) is 9.39. The van der Waals surface area contributed by atoms with Crippen LogP contribution in [0.3, 0.4) is 0 Å². The summed E-state index contributed by atoms with van der Waals surface area (Å²) in [5.74, 6) is 0.795. The summed E-state index contributed by atoms with van der Waals surface area (Å²) in [6.45, 7) is 0.389. The third-order valence-electron chi connectivity index (χ3n) is 5.22. The first-order valence-electron chi connectivity index (χ1n) is 11.0. The topological polar surface area (TPSA) is 67.9 Å². The molecule has 3 aromatic rings. The van der Waals surface area contributed by atoms with Crippen molar-refractivity contribution >= 4 is 51.9 Å². The lowest BCUT2D eigenvalue weighted by Crippen LogP contribution is -2.30. The SMILES string of the molecule is COc1cccc(NC(=O)COc2cccc(/C=C3\SC(=S)N(CCc4ccccc4)C3=O)c2)c1. The van der Waals surface area contributed by atoms with E-state index in [-0.39, 0.29) is 18.4 Å². The fourth-order valence-corrected chi connectivity index (χ4v) is 4.78. The Labute approximate surface area is 213 Å². The molecule has 4 rings (SSSR count). The third-order valence-corrected chi connectivity index (χ3v) is 6.60. The van der Waals surface area contributed by atoms with Gasteiger partial charge in [0.2, 0.25) is 0 Å². The lowest BCUT2D eigenvalue weighted by molar-refractivity contribution is -0.122. The summed E-state index contributed by atoms with van der Waals surface area (Å²) in [4.78, 5) is 27.4. The third kappa shape index (κ3) is 6.71. The fraction of sp³-hybridized carbons (Fsp3) is 0.148. The zero-order valence-electron chi connectivity index (χ0n) is 19.1. The zero-order valence-corrected chi connectivity index (χ0v) is 20.7. The van der Waals surface area contributed by atoms with Crippen LogP contribution in [0.15, 0.2) is 83.8 Å². The van der Waals surface area contributed by atoms with Gasteiger partial charge in [0.1, 0.15) is 15.8 Å². The number of carbonyl (C=O) groups excluding carboxylic acids is 2. The Hall–Kier alpha value is -3.62. The molecule has 1 heterocycles. The molecular weight excluding hydrogens is 480 g/mol. The van der Waals surface area contributed by atoms with Gasteiger partial charge < -0.3 is 14.8 Å². The minimum absolute atomic E-state index is 0.0973. The van der Waals surface area contributed by atoms with Gasteiger partial charge in [-0.05, 0) is 47.9 Å². The van der Waals surface area contributed by atoms with E-state index in [0.29, 0.717) is 33.0 Å². The van der Waals surface area contributed by atoms with Crippen molar-refractivity contribution in [2.75, 3.05) is 25.6 Å². The number of thiocarbonyl (C=S) groups is 1. The van der Waals surface area contributed by atoms with E-state index in [1.807, 2.05) is 42.5 Å². The Morgan fingerprint density at radius 3 is 2.60 bits per heavy atom. The van der Waals surface area contributed by atoms with Crippen molar-refractivity contribution in [3.05, 3.63) is 94.9 Å². The van der Waals surface area contributed by atoms with Crippen molar-refractivity contribution < 1.29 is 19.1 Å². The maximum absolute atomic E-state index is 12.9. The molecule has 0 spiro atoms. The van der Waals surface area contributed by atoms with Crippen molar-refractivity contribution in [1.29, 1.82) is 0 Å². The van der Waals surface area contributed by atoms with Crippen molar-refractivity contribution in [3.8, 4) is 11.5 Å². The van der Waals surface area contributed by atoms with Gasteiger partial charge in [-0.2, -0.15) is 0 Å². The summed E-state index contributed by atoms with van der Waals surface area (Å²) in [6, 6.07) is 24.4. The number of amides is 2. The smallest absolute Gasteiger partial charge is 0.266 e. The second kappa shape index (κ2) is 11.7. The van der Waals surface area contributed by atoms with Crippen LogP contribution in [0.5, 0.6) is 11.5 Å². The van der Waals surface area contributed by atoms with Crippen molar-refractivity contribution in [1.82, 2.24) is 4.90 Å². The Balaban J connectivity index is 1.35. The number of hydrogen-bond donors (Lipinski definition) is 1. The van der Waals surface area contributed by atoms with Crippen LogP contribution in [0.25, 0.3) is 6.08 Å². The van der Waals surface area contributed by atoms with E-state index in [1.165, 1.54) is 11.8 Å². The maximum Gasteiger partial charge on any atom is 0.266 e. The molecule has 8 heteroatoms. The van der Waals surface area contributed by atoms with Crippen LogP contribution >= 0.6 is 24.0 Å². The molecule has 3 aromatic carbocycles. The molecule has 0 atom stereocenters. The Morgan fingerprint density at radius 1 is 1.03 bits per heavy atom. The molecule has 0 unspecified atom stereocenters. The van der Waals surface area contributed by atoms with Crippen LogP contribution in [0.1, 0.15) is 11.1 Å². The average Bonchev–Trinajstić information content (AvgIpc) is 3.14. The molecule has 1 aliphatic heterocycles. The first-order chi connectivity index (χ1) is 17.0. The molecule has 1 fully saturated rings. The fourth-order valence-electron chi connectivity index (χ4n) is 3.47. The monoisotopic (exact) mass is 504 g/mol. The molecular formula is C27H24N2O4S2. The van der Waals surface area contributed by atoms with Crippen LogP contribution in [0.4, 0.5) is 5.69 Å². The van der Waals surface area contributed by atoms with Gasteiger partial charge >= 0.3 is 0 Å². The highest BCUT2D eigenvalue weighted by atomic mass is 32.2. The standard InChI is InChI=1S/C27H24N2O4S2/c1-32-22-11-6-10-21(17-22)28-25(30)18-33-23-12-5-9-20(15-23)16-24-26(31)29(27(34)35-24)14-13-19-7-3-2-4-8-19/h2-12,15-17H,13-14,18H2,1H3,(H,28,30)/b24-16-. The normalized spacial score (nSPS) is 14.3. The first kappa shape index (κ1) is 24.5. The van der Waals surface area contributed by atoms with Crippen LogP contribution < -0.4 is 14.8 Å². The van der Waals surface area contributed by atoms with E-state index in [1.54, 1.807) is 54.5 Å². The second-order valence-electron chi connectivity index (χ2n) is 7.71. The molecule has 178 valence electrons. The van der Waals surface area contributed by atoms with Gasteiger partial charge in [0.25, 0.3) is 11.8 Å². The summed E-state index contributed by atoms with van der Waals surface area (Å²) in [5, 5.41) is 2.78. The summed E-state index contributed by atoms with van der Waals surface area (Å²) in [5.41, 5.74) is 2.58. The highest BCUT2D eigenvalue weighted by Crippen LogP contribution is 2.33. The number of rotatable bonds is 9. The number of hydrogen-bond acceptors (Lipinski definition) is 6. The summed E-state index contributed by atoms with van der Waals surface area (Å²) in [7, 11) is 1.57. The number of ether oxygens (including phenoxy) is 2. The van der Waals surface area contributed by atoms with E-state index in [4.69, 9.17) is 21.7 Å². The summed E-state index contributed by atoms with van der Waals surface area (Å²) < 4.78 is 11.4. The molecule has 0 radical (unpaired) electrons.